The molecule has 0 unspecified atom stereocenters. The summed E-state index contributed by atoms with van der Waals surface area (Å²) in [6, 6.07) is 21.6. The number of amides is 1. The first-order valence-corrected chi connectivity index (χ1v) is 8.80. The van der Waals surface area contributed by atoms with Gasteiger partial charge in [-0.3, -0.25) is 4.79 Å². The highest BCUT2D eigenvalue weighted by Crippen LogP contribution is 2.22. The van der Waals surface area contributed by atoms with Crippen molar-refractivity contribution in [2.45, 2.75) is 13.5 Å². The van der Waals surface area contributed by atoms with Crippen LogP contribution in [0.2, 0.25) is 0 Å². The number of carbonyl (C=O) groups is 1. The summed E-state index contributed by atoms with van der Waals surface area (Å²) < 4.78 is 19.0. The van der Waals surface area contributed by atoms with Gasteiger partial charge in [0.05, 0.1) is 11.6 Å². The van der Waals surface area contributed by atoms with Gasteiger partial charge in [-0.05, 0) is 59.5 Å². The number of benzene rings is 3. The molecule has 0 spiro atoms. The number of nitrogens with one attached hydrogen (secondary N) is 1. The van der Waals surface area contributed by atoms with Crippen molar-refractivity contribution in [2.75, 3.05) is 6.61 Å². The molecular formula is C23H19FN2O2. The van der Waals surface area contributed by atoms with Gasteiger partial charge in [-0.25, -0.2) is 4.39 Å². The van der Waals surface area contributed by atoms with E-state index in [1.54, 1.807) is 43.3 Å². The van der Waals surface area contributed by atoms with Crippen LogP contribution < -0.4 is 10.1 Å². The van der Waals surface area contributed by atoms with Crippen LogP contribution in [0.15, 0.2) is 66.7 Å². The highest BCUT2D eigenvalue weighted by Gasteiger charge is 2.05. The monoisotopic (exact) mass is 374 g/mol. The number of ether oxygens (including phenoxy) is 1. The van der Waals surface area contributed by atoms with Gasteiger partial charge in [0.2, 0.25) is 0 Å². The van der Waals surface area contributed by atoms with Crippen LogP contribution in [0, 0.1) is 24.1 Å². The number of nitrogens with zero attached hydrogens (tertiary/aromatic N) is 1. The lowest BCUT2D eigenvalue weighted by molar-refractivity contribution is -0.123. The van der Waals surface area contributed by atoms with Gasteiger partial charge in [-0.15, -0.1) is 0 Å². The van der Waals surface area contributed by atoms with Gasteiger partial charge in [0.15, 0.2) is 6.61 Å². The van der Waals surface area contributed by atoms with Crippen molar-refractivity contribution < 1.29 is 13.9 Å². The van der Waals surface area contributed by atoms with Crippen LogP contribution in [0.5, 0.6) is 5.75 Å². The lowest BCUT2D eigenvalue weighted by Crippen LogP contribution is -2.28. The second-order valence-electron chi connectivity index (χ2n) is 6.36. The molecule has 0 atom stereocenters. The molecule has 0 aliphatic carbocycles. The molecule has 0 aliphatic rings. The summed E-state index contributed by atoms with van der Waals surface area (Å²) in [4.78, 5) is 11.9. The third kappa shape index (κ3) is 4.95. The first-order valence-electron chi connectivity index (χ1n) is 8.80. The molecule has 0 saturated heterocycles. The Hall–Kier alpha value is -3.65. The molecule has 0 saturated carbocycles. The van der Waals surface area contributed by atoms with E-state index in [9.17, 15) is 9.18 Å². The van der Waals surface area contributed by atoms with Gasteiger partial charge in [-0.2, -0.15) is 5.26 Å². The highest BCUT2D eigenvalue weighted by atomic mass is 19.1. The molecule has 5 heteroatoms. The van der Waals surface area contributed by atoms with Gasteiger partial charge in [0, 0.05) is 6.54 Å². The molecule has 0 heterocycles. The van der Waals surface area contributed by atoms with E-state index in [0.29, 0.717) is 22.4 Å². The molecule has 0 fully saturated rings. The Morgan fingerprint density at radius 2 is 1.68 bits per heavy atom. The largest absolute Gasteiger partial charge is 0.484 e. The van der Waals surface area contributed by atoms with Crippen LogP contribution >= 0.6 is 0 Å². The molecule has 3 rings (SSSR count). The third-order valence-electron chi connectivity index (χ3n) is 4.30. The molecule has 4 nitrogen and oxygen atoms in total. The molecule has 0 radical (unpaired) electrons. The SMILES string of the molecule is Cc1ccc(CNC(=O)COc2ccc(-c3ccc(C#N)cc3)cc2)cc1F. The number of carbonyl (C=O) groups excluding carboxylic acids is 1. The predicted octanol–water partition coefficient (Wildman–Crippen LogP) is 4.37. The van der Waals surface area contributed by atoms with Gasteiger partial charge >= 0.3 is 0 Å². The van der Waals surface area contributed by atoms with Crippen molar-refractivity contribution >= 4 is 5.91 Å². The topological polar surface area (TPSA) is 62.1 Å². The third-order valence-corrected chi connectivity index (χ3v) is 4.30. The van der Waals surface area contributed by atoms with Crippen molar-refractivity contribution in [3.05, 3.63) is 89.2 Å². The molecule has 0 aliphatic heterocycles. The zero-order valence-electron chi connectivity index (χ0n) is 15.4. The fraction of sp³-hybridized carbons (Fsp3) is 0.130. The van der Waals surface area contributed by atoms with E-state index in [2.05, 4.69) is 11.4 Å². The van der Waals surface area contributed by atoms with E-state index in [0.717, 1.165) is 11.1 Å². The normalized spacial score (nSPS) is 10.2. The number of nitriles is 1. The number of hydrogen-bond acceptors (Lipinski definition) is 3. The second kappa shape index (κ2) is 8.83. The minimum atomic E-state index is -0.287. The number of hydrogen-bond donors (Lipinski definition) is 1. The Bertz CT molecular complexity index is 1010. The average molecular weight is 374 g/mol. The van der Waals surface area contributed by atoms with Crippen LogP contribution in [0.4, 0.5) is 4.39 Å². The molecule has 0 aromatic heterocycles. The summed E-state index contributed by atoms with van der Waals surface area (Å²) in [5.74, 6) is 0.0106. The summed E-state index contributed by atoms with van der Waals surface area (Å²) in [7, 11) is 0. The second-order valence-corrected chi connectivity index (χ2v) is 6.36. The van der Waals surface area contributed by atoms with E-state index >= 15 is 0 Å². The molecule has 0 bridgehead atoms. The minimum Gasteiger partial charge on any atom is -0.484 e. The zero-order valence-corrected chi connectivity index (χ0v) is 15.4. The van der Waals surface area contributed by atoms with Crippen LogP contribution in [0.25, 0.3) is 11.1 Å². The van der Waals surface area contributed by atoms with Crippen LogP contribution in [-0.4, -0.2) is 12.5 Å². The van der Waals surface area contributed by atoms with Crippen molar-refractivity contribution in [3.8, 4) is 22.9 Å². The van der Waals surface area contributed by atoms with Crippen LogP contribution in [-0.2, 0) is 11.3 Å². The van der Waals surface area contributed by atoms with Gasteiger partial charge in [0.1, 0.15) is 11.6 Å². The maximum atomic E-state index is 13.5. The smallest absolute Gasteiger partial charge is 0.258 e. The van der Waals surface area contributed by atoms with E-state index in [4.69, 9.17) is 10.00 Å². The van der Waals surface area contributed by atoms with Crippen LogP contribution in [0.1, 0.15) is 16.7 Å². The van der Waals surface area contributed by atoms with Gasteiger partial charge < -0.3 is 10.1 Å². The summed E-state index contributed by atoms with van der Waals surface area (Å²) >= 11 is 0. The van der Waals surface area contributed by atoms with Crippen molar-refractivity contribution in [1.82, 2.24) is 5.32 Å². The molecule has 3 aromatic carbocycles. The molecule has 3 aromatic rings. The lowest BCUT2D eigenvalue weighted by atomic mass is 10.0. The number of halogens is 1. The molecular weight excluding hydrogens is 355 g/mol. The summed E-state index contributed by atoms with van der Waals surface area (Å²) in [5, 5.41) is 11.6. The summed E-state index contributed by atoms with van der Waals surface area (Å²) in [5.41, 5.74) is 3.87. The predicted molar refractivity (Wildman–Crippen MR) is 105 cm³/mol. The van der Waals surface area contributed by atoms with Crippen LogP contribution in [0.3, 0.4) is 0 Å². The molecule has 1 amide bonds. The quantitative estimate of drug-likeness (QED) is 0.697. The Morgan fingerprint density at radius 3 is 2.29 bits per heavy atom. The Morgan fingerprint density at radius 1 is 1.04 bits per heavy atom. The molecule has 1 N–H and O–H groups in total. The minimum absolute atomic E-state index is 0.120. The molecule has 28 heavy (non-hydrogen) atoms. The molecule has 140 valence electrons. The lowest BCUT2D eigenvalue weighted by Gasteiger charge is -2.09. The number of rotatable bonds is 6. The highest BCUT2D eigenvalue weighted by molar-refractivity contribution is 5.77. The van der Waals surface area contributed by atoms with E-state index in [1.165, 1.54) is 6.07 Å². The summed E-state index contributed by atoms with van der Waals surface area (Å²) in [6.07, 6.45) is 0. The van der Waals surface area contributed by atoms with E-state index in [1.807, 2.05) is 24.3 Å². The average Bonchev–Trinajstić information content (AvgIpc) is 2.73. The van der Waals surface area contributed by atoms with Gasteiger partial charge in [-0.1, -0.05) is 36.4 Å². The Labute approximate surface area is 163 Å². The number of aryl methyl sites for hydroxylation is 1. The Balaban J connectivity index is 1.50. The maximum Gasteiger partial charge on any atom is 0.258 e. The maximum absolute atomic E-state index is 13.5. The fourth-order valence-corrected chi connectivity index (χ4v) is 2.63. The van der Waals surface area contributed by atoms with E-state index < -0.39 is 0 Å². The van der Waals surface area contributed by atoms with Crippen molar-refractivity contribution in [1.29, 1.82) is 5.26 Å². The summed E-state index contributed by atoms with van der Waals surface area (Å²) in [6.45, 7) is 1.82. The van der Waals surface area contributed by atoms with Gasteiger partial charge in [0.25, 0.3) is 5.91 Å². The first-order chi connectivity index (χ1) is 13.5. The zero-order chi connectivity index (χ0) is 19.9. The first kappa shape index (κ1) is 19.1. The van der Waals surface area contributed by atoms with Crippen molar-refractivity contribution in [3.63, 3.8) is 0 Å². The fourth-order valence-electron chi connectivity index (χ4n) is 2.63. The van der Waals surface area contributed by atoms with Crippen molar-refractivity contribution in [2.24, 2.45) is 0 Å². The van der Waals surface area contributed by atoms with E-state index in [-0.39, 0.29) is 24.9 Å². The Kier molecular flexibility index (Phi) is 6.03. The standard InChI is InChI=1S/C23H19FN2O2/c1-16-2-3-18(12-22(16)24)14-26-23(27)15-28-21-10-8-20(9-11-21)19-6-4-17(13-25)5-7-19/h2-12H,14-15H2,1H3,(H,26,27).